The molecule has 0 spiro atoms. The van der Waals surface area contributed by atoms with Crippen molar-refractivity contribution in [2.24, 2.45) is 0 Å². The van der Waals surface area contributed by atoms with Crippen LogP contribution in [0.3, 0.4) is 0 Å². The molecule has 3 saturated carbocycles. The Morgan fingerprint density at radius 3 is 1.65 bits per heavy atom. The minimum absolute atomic E-state index is 0.214. The maximum atomic E-state index is 10.5. The molecule has 0 atom stereocenters. The number of hydrogen-bond donors (Lipinski definition) is 1. The van der Waals surface area contributed by atoms with Crippen molar-refractivity contribution >= 4 is 36.6 Å². The van der Waals surface area contributed by atoms with Gasteiger partial charge in [0.05, 0.1) is 5.97 Å². The molecule has 3 nitrogen and oxygen atoms in total. The zero-order chi connectivity index (χ0) is 21.5. The molecule has 168 valence electrons. The second-order valence-electron chi connectivity index (χ2n) is 10.0. The number of fused-ring (bicyclic) bond motifs is 1. The van der Waals surface area contributed by atoms with Crippen LogP contribution in [0.1, 0.15) is 107 Å². The monoisotopic (exact) mass is 529 g/mol. The zero-order valence-electron chi connectivity index (χ0n) is 19.0. The Hall–Kier alpha value is -0.971. The van der Waals surface area contributed by atoms with E-state index in [4.69, 9.17) is 0 Å². The van der Waals surface area contributed by atoms with Gasteiger partial charge in [0.25, 0.3) is 0 Å². The molecule has 0 saturated heterocycles. The van der Waals surface area contributed by atoms with E-state index in [0.717, 1.165) is 5.52 Å². The number of H-pyrrole nitrogens is 1. The predicted molar refractivity (Wildman–Crippen MR) is 129 cm³/mol. The molecule has 3 fully saturated rings. The fraction of sp³-hybridized carbons (Fsp3) is 0.667. The summed E-state index contributed by atoms with van der Waals surface area (Å²) in [5.41, 5.74) is 1.03. The maximum absolute atomic E-state index is 10.5. The number of nitrogens with one attached hydrogen (secondary N) is 1. The number of hydrogen-bond acceptors (Lipinski definition) is 2. The Balaban J connectivity index is 0.000000166. The number of carboxylic acids is 1. The number of rotatable bonds is 4. The largest absolute Gasteiger partial charge is 0.545 e. The van der Waals surface area contributed by atoms with Gasteiger partial charge in [0, 0.05) is 22.7 Å². The normalized spacial score (nSPS) is 21.4. The van der Waals surface area contributed by atoms with E-state index in [0.29, 0.717) is 5.39 Å². The van der Waals surface area contributed by atoms with Gasteiger partial charge < -0.3 is 14.9 Å². The summed E-state index contributed by atoms with van der Waals surface area (Å²) >= 11 is -1.15. The Bertz CT molecular complexity index is 771. The molecule has 0 bridgehead atoms. The minimum atomic E-state index is -1.15. The van der Waals surface area contributed by atoms with Gasteiger partial charge in [-0.1, -0.05) is 18.2 Å². The van der Waals surface area contributed by atoms with Crippen molar-refractivity contribution in [1.82, 2.24) is 4.98 Å². The molecule has 3 aliphatic carbocycles. The van der Waals surface area contributed by atoms with Crippen LogP contribution < -0.4 is 5.11 Å². The van der Waals surface area contributed by atoms with E-state index in [2.05, 4.69) is 4.98 Å². The minimum Gasteiger partial charge on any atom is -0.545 e. The van der Waals surface area contributed by atoms with Crippen molar-refractivity contribution in [3.05, 3.63) is 36.0 Å². The first-order valence-corrected chi connectivity index (χ1v) is 17.8. The summed E-state index contributed by atoms with van der Waals surface area (Å²) in [6.45, 7) is 0. The molecule has 0 aliphatic heterocycles. The molecule has 0 radical (unpaired) electrons. The van der Waals surface area contributed by atoms with E-state index in [1.54, 1.807) is 108 Å². The molecule has 31 heavy (non-hydrogen) atoms. The average molecular weight is 528 g/mol. The molecular weight excluding hydrogens is 489 g/mol. The first-order valence-electron chi connectivity index (χ1n) is 12.9. The van der Waals surface area contributed by atoms with Gasteiger partial charge in [0.2, 0.25) is 0 Å². The number of aromatic carboxylic acids is 1. The van der Waals surface area contributed by atoms with Crippen LogP contribution in [0, 0.1) is 0 Å². The van der Waals surface area contributed by atoms with Crippen LogP contribution in [0.15, 0.2) is 30.5 Å². The Labute approximate surface area is 195 Å². The number of aromatic amines is 1. The fourth-order valence-electron chi connectivity index (χ4n) is 6.55. The zero-order valence-corrected chi connectivity index (χ0v) is 21.9. The van der Waals surface area contributed by atoms with E-state index in [1.165, 1.54) is 18.0 Å². The van der Waals surface area contributed by atoms with Crippen LogP contribution in [0.4, 0.5) is 0 Å². The number of benzene rings is 1. The standard InChI is InChI=1S/C9H7NO2.3C6H11.Sn/c11-9(12)7-5-10-8-4-2-1-3-6(7)8;3*1-2-4-6-5-3-1;/h1-5,10H,(H,11,12);3*1H,2-6H2;/q;;;;+1/p-1. The van der Waals surface area contributed by atoms with E-state index < -0.39 is 25.7 Å². The number of para-hydroxylation sites is 1. The molecule has 0 amide bonds. The van der Waals surface area contributed by atoms with E-state index in [-0.39, 0.29) is 5.56 Å². The second-order valence-corrected chi connectivity index (χ2v) is 19.9. The van der Waals surface area contributed by atoms with Gasteiger partial charge in [-0.15, -0.1) is 0 Å². The Kier molecular flexibility index (Phi) is 8.80. The molecule has 5 rings (SSSR count). The van der Waals surface area contributed by atoms with Gasteiger partial charge in [0.1, 0.15) is 0 Å². The summed E-state index contributed by atoms with van der Waals surface area (Å²) in [4.78, 5) is 13.4. The van der Waals surface area contributed by atoms with E-state index in [1.807, 2.05) is 12.1 Å². The molecular formula is C27H39NO2Sn. The second kappa shape index (κ2) is 11.8. The summed E-state index contributed by atoms with van der Waals surface area (Å²) in [6.07, 6.45) is 25.7. The number of carboxylic acid groups (broad SMARTS) is 1. The van der Waals surface area contributed by atoms with Gasteiger partial charge in [-0.25, -0.2) is 0 Å². The Morgan fingerprint density at radius 1 is 0.742 bits per heavy atom. The molecule has 1 aromatic heterocycles. The van der Waals surface area contributed by atoms with Crippen molar-refractivity contribution < 1.29 is 9.90 Å². The summed E-state index contributed by atoms with van der Waals surface area (Å²) in [6, 6.07) is 7.21. The molecule has 0 unspecified atom stereocenters. The van der Waals surface area contributed by atoms with Gasteiger partial charge in [-0.05, 0) is 6.07 Å². The van der Waals surface area contributed by atoms with Gasteiger partial charge in [0.15, 0.2) is 0 Å². The van der Waals surface area contributed by atoms with Gasteiger partial charge in [-0.2, -0.15) is 0 Å². The fourth-order valence-corrected chi connectivity index (χ4v) is 21.5. The molecule has 2 aromatic rings. The van der Waals surface area contributed by atoms with Crippen molar-refractivity contribution in [2.75, 3.05) is 0 Å². The SMILES string of the molecule is C1CC[CH]([Sn+]([CH]2CCCCC2)[CH]2CCCCC2)CC1.O=C([O-])c1c[nH]c2ccccc12. The van der Waals surface area contributed by atoms with Gasteiger partial charge >= 0.3 is 128 Å². The number of aromatic nitrogens is 1. The topological polar surface area (TPSA) is 55.9 Å². The summed E-state index contributed by atoms with van der Waals surface area (Å²) in [7, 11) is 0. The smallest absolute Gasteiger partial charge is 0.0736 e. The molecule has 3 aliphatic rings. The van der Waals surface area contributed by atoms with Crippen LogP contribution in [0.5, 0.6) is 0 Å². The van der Waals surface area contributed by atoms with Crippen molar-refractivity contribution in [2.45, 2.75) is 108 Å². The molecule has 1 heterocycles. The van der Waals surface area contributed by atoms with Crippen LogP contribution in [0.2, 0.25) is 11.8 Å². The molecule has 1 aromatic carbocycles. The van der Waals surface area contributed by atoms with Crippen LogP contribution in [-0.4, -0.2) is 30.7 Å². The van der Waals surface area contributed by atoms with Gasteiger partial charge in [-0.3, -0.25) is 0 Å². The third-order valence-electron chi connectivity index (χ3n) is 8.04. The summed E-state index contributed by atoms with van der Waals surface area (Å²) < 4.78 is 3.96. The van der Waals surface area contributed by atoms with Crippen LogP contribution in [0.25, 0.3) is 10.9 Å². The third-order valence-corrected chi connectivity index (χ3v) is 21.1. The molecule has 1 N–H and O–H groups in total. The maximum Gasteiger partial charge on any atom is 0.0736 e. The third kappa shape index (κ3) is 6.09. The first-order chi connectivity index (χ1) is 15.2. The molecule has 4 heteroatoms. The van der Waals surface area contributed by atoms with Crippen LogP contribution >= 0.6 is 0 Å². The predicted octanol–water partition coefficient (Wildman–Crippen LogP) is 7.02. The quantitative estimate of drug-likeness (QED) is 0.434. The van der Waals surface area contributed by atoms with Crippen LogP contribution in [-0.2, 0) is 0 Å². The number of carbonyl (C=O) groups excluding carboxylic acids is 1. The van der Waals surface area contributed by atoms with Crippen molar-refractivity contribution in [3.63, 3.8) is 0 Å². The Morgan fingerprint density at radius 2 is 1.19 bits per heavy atom. The first kappa shape index (κ1) is 23.2. The summed E-state index contributed by atoms with van der Waals surface area (Å²) in [5.74, 6) is -1.15. The number of carbonyl (C=O) groups is 1. The summed E-state index contributed by atoms with van der Waals surface area (Å²) in [5, 5.41) is 11.2. The van der Waals surface area contributed by atoms with Crippen molar-refractivity contribution in [1.29, 1.82) is 0 Å². The average Bonchev–Trinajstić information content (AvgIpc) is 3.27. The van der Waals surface area contributed by atoms with E-state index >= 15 is 0 Å². The van der Waals surface area contributed by atoms with E-state index in [9.17, 15) is 9.90 Å². The van der Waals surface area contributed by atoms with Crippen molar-refractivity contribution in [3.8, 4) is 0 Å².